The first-order valence-corrected chi connectivity index (χ1v) is 13.1. The summed E-state index contributed by atoms with van der Waals surface area (Å²) in [5.41, 5.74) is 5.06. The average Bonchev–Trinajstić information content (AvgIpc) is 3.18. The Bertz CT molecular complexity index is 1540. The molecule has 1 fully saturated rings. The number of aliphatic hydroxyl groups excluding tert-OH is 1. The molecular formula is C33H32N2O3. The molecular weight excluding hydrogens is 472 g/mol. The molecule has 0 bridgehead atoms. The smallest absolute Gasteiger partial charge is 0.300 e. The average molecular weight is 505 g/mol. The molecule has 192 valence electrons. The van der Waals surface area contributed by atoms with Gasteiger partial charge in [-0.15, -0.1) is 0 Å². The maximum absolute atomic E-state index is 13.6. The quantitative estimate of drug-likeness (QED) is 0.176. The van der Waals surface area contributed by atoms with E-state index < -0.39 is 17.7 Å². The van der Waals surface area contributed by atoms with Crippen LogP contribution in [-0.4, -0.2) is 29.9 Å². The number of carbonyl (C=O) groups is 2. The minimum absolute atomic E-state index is 0.0972. The van der Waals surface area contributed by atoms with Crippen molar-refractivity contribution in [2.45, 2.75) is 33.7 Å². The topological polar surface area (TPSA) is 60.9 Å². The van der Waals surface area contributed by atoms with Gasteiger partial charge in [0.05, 0.1) is 11.6 Å². The Hall–Kier alpha value is -4.38. The summed E-state index contributed by atoms with van der Waals surface area (Å²) in [6.07, 6.45) is 0. The third kappa shape index (κ3) is 4.45. The third-order valence-electron chi connectivity index (χ3n) is 7.29. The van der Waals surface area contributed by atoms with Crippen LogP contribution in [0.3, 0.4) is 0 Å². The predicted octanol–water partition coefficient (Wildman–Crippen LogP) is 6.93. The van der Waals surface area contributed by atoms with E-state index in [9.17, 15) is 14.7 Å². The Morgan fingerprint density at radius 3 is 2.08 bits per heavy atom. The fraction of sp³-hybridized carbons (Fsp3) is 0.212. The maximum Gasteiger partial charge on any atom is 0.300 e. The van der Waals surface area contributed by atoms with Crippen LogP contribution in [0, 0.1) is 13.8 Å². The molecule has 0 aliphatic carbocycles. The number of rotatable bonds is 6. The Balaban J connectivity index is 1.70. The summed E-state index contributed by atoms with van der Waals surface area (Å²) in [4.78, 5) is 30.9. The van der Waals surface area contributed by atoms with E-state index in [1.165, 1.54) is 4.90 Å². The molecule has 1 atom stereocenters. The largest absolute Gasteiger partial charge is 0.507 e. The van der Waals surface area contributed by atoms with Gasteiger partial charge in [-0.2, -0.15) is 0 Å². The molecule has 4 aromatic carbocycles. The molecule has 1 aliphatic heterocycles. The fourth-order valence-electron chi connectivity index (χ4n) is 5.45. The highest BCUT2D eigenvalue weighted by molar-refractivity contribution is 6.51. The van der Waals surface area contributed by atoms with Gasteiger partial charge in [0, 0.05) is 30.0 Å². The summed E-state index contributed by atoms with van der Waals surface area (Å²) >= 11 is 0. The lowest BCUT2D eigenvalue weighted by atomic mass is 9.94. The zero-order chi connectivity index (χ0) is 27.0. The van der Waals surface area contributed by atoms with Crippen molar-refractivity contribution in [1.82, 2.24) is 0 Å². The van der Waals surface area contributed by atoms with Gasteiger partial charge < -0.3 is 10.0 Å². The molecule has 1 unspecified atom stereocenters. The van der Waals surface area contributed by atoms with Crippen LogP contribution >= 0.6 is 0 Å². The van der Waals surface area contributed by atoms with E-state index in [4.69, 9.17) is 0 Å². The third-order valence-corrected chi connectivity index (χ3v) is 7.29. The van der Waals surface area contributed by atoms with Crippen LogP contribution in [0.1, 0.15) is 42.1 Å². The normalized spacial score (nSPS) is 16.8. The van der Waals surface area contributed by atoms with Crippen molar-refractivity contribution in [2.75, 3.05) is 22.9 Å². The first-order chi connectivity index (χ1) is 18.3. The number of anilines is 2. The molecule has 4 aromatic rings. The molecule has 1 saturated heterocycles. The van der Waals surface area contributed by atoms with E-state index >= 15 is 0 Å². The highest BCUT2D eigenvalue weighted by Crippen LogP contribution is 2.43. The van der Waals surface area contributed by atoms with Gasteiger partial charge in [0.1, 0.15) is 5.76 Å². The zero-order valence-corrected chi connectivity index (χ0v) is 22.2. The van der Waals surface area contributed by atoms with Gasteiger partial charge in [-0.1, -0.05) is 54.6 Å². The Labute approximate surface area is 223 Å². The van der Waals surface area contributed by atoms with E-state index in [0.717, 1.165) is 46.2 Å². The van der Waals surface area contributed by atoms with Gasteiger partial charge in [0.15, 0.2) is 0 Å². The highest BCUT2D eigenvalue weighted by Gasteiger charge is 2.47. The lowest BCUT2D eigenvalue weighted by Crippen LogP contribution is -2.29. The molecule has 1 heterocycles. The monoisotopic (exact) mass is 504 g/mol. The van der Waals surface area contributed by atoms with E-state index in [-0.39, 0.29) is 11.3 Å². The molecule has 0 radical (unpaired) electrons. The maximum atomic E-state index is 13.6. The number of aliphatic hydroxyl groups is 1. The summed E-state index contributed by atoms with van der Waals surface area (Å²) in [7, 11) is 0. The molecule has 1 N–H and O–H groups in total. The number of benzene rings is 4. The van der Waals surface area contributed by atoms with Gasteiger partial charge in [0.25, 0.3) is 11.7 Å². The molecule has 5 nitrogen and oxygen atoms in total. The number of Topliss-reactive ketones (excluding diaryl/α,β-unsaturated/α-hetero) is 1. The van der Waals surface area contributed by atoms with E-state index in [1.54, 1.807) is 6.07 Å². The number of nitrogens with zero attached hydrogens (tertiary/aromatic N) is 2. The predicted molar refractivity (Wildman–Crippen MR) is 155 cm³/mol. The van der Waals surface area contributed by atoms with Crippen LogP contribution in [-0.2, 0) is 9.59 Å². The number of fused-ring (bicyclic) bond motifs is 1. The molecule has 0 aromatic heterocycles. The summed E-state index contributed by atoms with van der Waals surface area (Å²) in [5, 5.41) is 13.5. The number of hydrogen-bond acceptors (Lipinski definition) is 4. The van der Waals surface area contributed by atoms with Crippen LogP contribution in [0.25, 0.3) is 16.5 Å². The lowest BCUT2D eigenvalue weighted by Gasteiger charge is -2.27. The summed E-state index contributed by atoms with van der Waals surface area (Å²) in [5.74, 6) is -1.50. The minimum Gasteiger partial charge on any atom is -0.507 e. The number of aryl methyl sites for hydroxylation is 2. The second-order valence-corrected chi connectivity index (χ2v) is 9.84. The van der Waals surface area contributed by atoms with Gasteiger partial charge in [0.2, 0.25) is 0 Å². The number of carbonyl (C=O) groups excluding carboxylic acids is 2. The van der Waals surface area contributed by atoms with Crippen molar-refractivity contribution in [2.24, 2.45) is 0 Å². The van der Waals surface area contributed by atoms with Crippen molar-refractivity contribution in [1.29, 1.82) is 0 Å². The lowest BCUT2D eigenvalue weighted by molar-refractivity contribution is -0.132. The molecule has 38 heavy (non-hydrogen) atoms. The molecule has 5 heteroatoms. The van der Waals surface area contributed by atoms with Crippen LogP contribution in [0.5, 0.6) is 0 Å². The molecule has 0 saturated carbocycles. The second-order valence-electron chi connectivity index (χ2n) is 9.84. The SMILES string of the molecule is CCN(CC)c1ccc(C2/C(=C(/O)c3ccc4ccccc4c3)C(=O)C(=O)N2c2cc(C)cc(C)c2)cc1. The Morgan fingerprint density at radius 2 is 1.45 bits per heavy atom. The zero-order valence-electron chi connectivity index (χ0n) is 22.2. The summed E-state index contributed by atoms with van der Waals surface area (Å²) < 4.78 is 0. The Morgan fingerprint density at radius 1 is 0.816 bits per heavy atom. The van der Waals surface area contributed by atoms with E-state index in [0.29, 0.717) is 11.3 Å². The van der Waals surface area contributed by atoms with Crippen LogP contribution in [0.15, 0.2) is 90.5 Å². The minimum atomic E-state index is -0.756. The standard InChI is InChI=1S/C33H32N2O3/c1-5-34(6-2)27-15-13-24(14-16-27)30-29(31(36)26-12-11-23-9-7-8-10-25(23)20-26)32(37)33(38)35(30)28-18-21(3)17-22(4)19-28/h7-20,30,36H,5-6H2,1-4H3/b31-29-. The van der Waals surface area contributed by atoms with Gasteiger partial charge >= 0.3 is 0 Å². The number of amides is 1. The van der Waals surface area contributed by atoms with Gasteiger partial charge in [-0.25, -0.2) is 0 Å². The van der Waals surface area contributed by atoms with Crippen molar-refractivity contribution < 1.29 is 14.7 Å². The second kappa shape index (κ2) is 10.2. The van der Waals surface area contributed by atoms with Gasteiger partial charge in [-0.05, 0) is 85.5 Å². The van der Waals surface area contributed by atoms with Crippen molar-refractivity contribution in [3.8, 4) is 0 Å². The first kappa shape index (κ1) is 25.3. The van der Waals surface area contributed by atoms with Crippen LogP contribution in [0.4, 0.5) is 11.4 Å². The summed E-state index contributed by atoms with van der Waals surface area (Å²) in [6, 6.07) is 26.4. The number of ketones is 1. The molecule has 0 spiro atoms. The van der Waals surface area contributed by atoms with Crippen molar-refractivity contribution in [3.05, 3.63) is 113 Å². The van der Waals surface area contributed by atoms with Crippen LogP contribution < -0.4 is 9.80 Å². The molecule has 5 rings (SSSR count). The van der Waals surface area contributed by atoms with Crippen molar-refractivity contribution in [3.63, 3.8) is 0 Å². The van der Waals surface area contributed by atoms with Crippen molar-refractivity contribution >= 4 is 39.6 Å². The highest BCUT2D eigenvalue weighted by atomic mass is 16.3. The Kier molecular flexibility index (Phi) is 6.77. The fourth-order valence-corrected chi connectivity index (χ4v) is 5.45. The van der Waals surface area contributed by atoms with E-state index in [2.05, 4.69) is 18.7 Å². The number of hydrogen-bond donors (Lipinski definition) is 1. The van der Waals surface area contributed by atoms with Gasteiger partial charge in [-0.3, -0.25) is 14.5 Å². The molecule has 1 amide bonds. The first-order valence-electron chi connectivity index (χ1n) is 13.1. The van der Waals surface area contributed by atoms with E-state index in [1.807, 2.05) is 92.7 Å². The summed E-state index contributed by atoms with van der Waals surface area (Å²) in [6.45, 7) is 9.90. The van der Waals surface area contributed by atoms with Crippen LogP contribution in [0.2, 0.25) is 0 Å². The molecule has 1 aliphatic rings.